The molecule has 2 aromatic rings. The van der Waals surface area contributed by atoms with E-state index in [0.717, 1.165) is 22.3 Å². The van der Waals surface area contributed by atoms with Crippen LogP contribution in [0.4, 0.5) is 0 Å². The van der Waals surface area contributed by atoms with E-state index in [0.29, 0.717) is 11.6 Å². The molecule has 0 aromatic heterocycles. The molecule has 2 atom stereocenters. The van der Waals surface area contributed by atoms with Gasteiger partial charge >= 0.3 is 0 Å². The monoisotopic (exact) mass is 289 g/mol. The van der Waals surface area contributed by atoms with Crippen LogP contribution in [0.1, 0.15) is 34.3 Å². The van der Waals surface area contributed by atoms with Crippen LogP contribution in [-0.2, 0) is 0 Å². The van der Waals surface area contributed by atoms with Gasteiger partial charge in [0.1, 0.15) is 0 Å². The van der Waals surface area contributed by atoms with Gasteiger partial charge in [0.05, 0.1) is 6.10 Å². The van der Waals surface area contributed by atoms with Crippen molar-refractivity contribution in [3.63, 3.8) is 0 Å². The van der Waals surface area contributed by atoms with Crippen LogP contribution < -0.4 is 5.73 Å². The van der Waals surface area contributed by atoms with E-state index in [1.807, 2.05) is 56.3 Å². The lowest BCUT2D eigenvalue weighted by Crippen LogP contribution is -2.21. The fourth-order valence-electron chi connectivity index (χ4n) is 2.48. The fourth-order valence-corrected chi connectivity index (χ4v) is 2.68. The summed E-state index contributed by atoms with van der Waals surface area (Å²) in [5.41, 5.74) is 9.98. The normalized spacial score (nSPS) is 14.1. The molecule has 3 heteroatoms. The fraction of sp³-hybridized carbons (Fsp3) is 0.294. The van der Waals surface area contributed by atoms with Gasteiger partial charge < -0.3 is 10.8 Å². The largest absolute Gasteiger partial charge is 0.388 e. The molecule has 0 amide bonds. The van der Waals surface area contributed by atoms with Crippen molar-refractivity contribution in [2.45, 2.75) is 25.9 Å². The summed E-state index contributed by atoms with van der Waals surface area (Å²) in [7, 11) is 0. The molecule has 2 rings (SSSR count). The van der Waals surface area contributed by atoms with Gasteiger partial charge in [0.15, 0.2) is 0 Å². The number of benzene rings is 2. The van der Waals surface area contributed by atoms with Gasteiger partial charge in [-0.1, -0.05) is 47.5 Å². The van der Waals surface area contributed by atoms with Gasteiger partial charge in [-0.3, -0.25) is 0 Å². The van der Waals surface area contributed by atoms with Gasteiger partial charge in [0.25, 0.3) is 0 Å². The lowest BCUT2D eigenvalue weighted by atomic mass is 9.87. The quantitative estimate of drug-likeness (QED) is 0.901. The first-order valence-electron chi connectivity index (χ1n) is 6.73. The van der Waals surface area contributed by atoms with Crippen molar-refractivity contribution in [2.24, 2.45) is 5.73 Å². The van der Waals surface area contributed by atoms with Crippen LogP contribution in [0.3, 0.4) is 0 Å². The average Bonchev–Trinajstić information content (AvgIpc) is 2.42. The molecule has 2 unspecified atom stereocenters. The van der Waals surface area contributed by atoms with E-state index in [9.17, 15) is 5.11 Å². The minimum absolute atomic E-state index is 0.158. The second-order valence-corrected chi connectivity index (χ2v) is 5.64. The molecule has 2 nitrogen and oxygen atoms in total. The number of rotatable bonds is 4. The van der Waals surface area contributed by atoms with E-state index in [1.54, 1.807) is 0 Å². The highest BCUT2D eigenvalue weighted by atomic mass is 35.5. The molecule has 0 spiro atoms. The highest BCUT2D eigenvalue weighted by Gasteiger charge is 2.23. The van der Waals surface area contributed by atoms with E-state index in [1.165, 1.54) is 0 Å². The summed E-state index contributed by atoms with van der Waals surface area (Å²) in [4.78, 5) is 0. The predicted molar refractivity (Wildman–Crippen MR) is 84.1 cm³/mol. The minimum Gasteiger partial charge on any atom is -0.388 e. The summed E-state index contributed by atoms with van der Waals surface area (Å²) in [6.07, 6.45) is -0.627. The maximum absolute atomic E-state index is 10.7. The minimum atomic E-state index is -0.627. The molecule has 0 bridgehead atoms. The Labute approximate surface area is 125 Å². The van der Waals surface area contributed by atoms with Gasteiger partial charge in [-0.15, -0.1) is 0 Å². The maximum atomic E-state index is 10.7. The topological polar surface area (TPSA) is 46.2 Å². The molecule has 0 saturated heterocycles. The third-order valence-corrected chi connectivity index (χ3v) is 3.90. The highest BCUT2D eigenvalue weighted by Crippen LogP contribution is 2.33. The Balaban J connectivity index is 2.38. The summed E-state index contributed by atoms with van der Waals surface area (Å²) in [5, 5.41) is 11.4. The molecular formula is C17H20ClNO. The molecule has 0 heterocycles. The molecule has 106 valence electrons. The number of hydrogen-bond acceptors (Lipinski definition) is 2. The molecule has 0 aliphatic heterocycles. The molecule has 0 aliphatic rings. The Kier molecular flexibility index (Phi) is 4.81. The summed E-state index contributed by atoms with van der Waals surface area (Å²) in [5.74, 6) is -0.158. The molecule has 2 aromatic carbocycles. The third kappa shape index (κ3) is 3.21. The Morgan fingerprint density at radius 3 is 2.55 bits per heavy atom. The van der Waals surface area contributed by atoms with Crippen molar-refractivity contribution in [1.82, 2.24) is 0 Å². The van der Waals surface area contributed by atoms with E-state index in [2.05, 4.69) is 0 Å². The number of aliphatic hydroxyl groups excluding tert-OH is 1. The van der Waals surface area contributed by atoms with E-state index >= 15 is 0 Å². The zero-order chi connectivity index (χ0) is 14.7. The van der Waals surface area contributed by atoms with Gasteiger partial charge in [-0.2, -0.15) is 0 Å². The third-order valence-electron chi connectivity index (χ3n) is 3.67. The van der Waals surface area contributed by atoms with Crippen molar-refractivity contribution < 1.29 is 5.11 Å². The maximum Gasteiger partial charge on any atom is 0.0873 e. The lowest BCUT2D eigenvalue weighted by Gasteiger charge is -2.24. The highest BCUT2D eigenvalue weighted by molar-refractivity contribution is 6.30. The van der Waals surface area contributed by atoms with Crippen molar-refractivity contribution >= 4 is 11.6 Å². The smallest absolute Gasteiger partial charge is 0.0873 e. The van der Waals surface area contributed by atoms with Crippen LogP contribution in [0, 0.1) is 13.8 Å². The van der Waals surface area contributed by atoms with Crippen LogP contribution in [-0.4, -0.2) is 11.7 Å². The van der Waals surface area contributed by atoms with E-state index in [-0.39, 0.29) is 5.92 Å². The second-order valence-electron chi connectivity index (χ2n) is 5.20. The summed E-state index contributed by atoms with van der Waals surface area (Å²) < 4.78 is 0. The zero-order valence-electron chi connectivity index (χ0n) is 11.8. The Bertz CT molecular complexity index is 597. The predicted octanol–water partition coefficient (Wildman–Crippen LogP) is 3.73. The number of hydrogen-bond donors (Lipinski definition) is 2. The number of aliphatic hydroxyl groups is 1. The molecule has 3 N–H and O–H groups in total. The van der Waals surface area contributed by atoms with Crippen molar-refractivity contribution in [1.29, 1.82) is 0 Å². The zero-order valence-corrected chi connectivity index (χ0v) is 12.6. The first-order chi connectivity index (χ1) is 9.52. The SMILES string of the molecule is Cc1ccc(C)c(C(O)C(CN)c2cccc(Cl)c2)c1. The lowest BCUT2D eigenvalue weighted by molar-refractivity contribution is 0.146. The Morgan fingerprint density at radius 2 is 1.90 bits per heavy atom. The first kappa shape index (κ1) is 15.0. The summed E-state index contributed by atoms with van der Waals surface area (Å²) >= 11 is 6.03. The van der Waals surface area contributed by atoms with E-state index < -0.39 is 6.10 Å². The molecule has 0 saturated carbocycles. The number of nitrogens with two attached hydrogens (primary N) is 1. The van der Waals surface area contributed by atoms with Crippen molar-refractivity contribution in [3.05, 3.63) is 69.7 Å². The van der Waals surface area contributed by atoms with Gasteiger partial charge in [0, 0.05) is 17.5 Å². The molecule has 20 heavy (non-hydrogen) atoms. The Hall–Kier alpha value is -1.35. The number of halogens is 1. The van der Waals surface area contributed by atoms with Crippen LogP contribution in [0.25, 0.3) is 0 Å². The second kappa shape index (κ2) is 6.40. The molecule has 0 aliphatic carbocycles. The van der Waals surface area contributed by atoms with Crippen molar-refractivity contribution in [2.75, 3.05) is 6.54 Å². The van der Waals surface area contributed by atoms with E-state index in [4.69, 9.17) is 17.3 Å². The average molecular weight is 290 g/mol. The van der Waals surface area contributed by atoms with Gasteiger partial charge in [0.2, 0.25) is 0 Å². The first-order valence-corrected chi connectivity index (χ1v) is 7.11. The van der Waals surface area contributed by atoms with Gasteiger partial charge in [-0.25, -0.2) is 0 Å². The van der Waals surface area contributed by atoms with Crippen LogP contribution in [0.2, 0.25) is 5.02 Å². The summed E-state index contributed by atoms with van der Waals surface area (Å²) in [6, 6.07) is 13.6. The van der Waals surface area contributed by atoms with Crippen LogP contribution in [0.15, 0.2) is 42.5 Å². The van der Waals surface area contributed by atoms with Crippen LogP contribution >= 0.6 is 11.6 Å². The summed E-state index contributed by atoms with van der Waals surface area (Å²) in [6.45, 7) is 4.39. The van der Waals surface area contributed by atoms with Crippen LogP contribution in [0.5, 0.6) is 0 Å². The molecule has 0 fully saturated rings. The molecule has 0 radical (unpaired) electrons. The van der Waals surface area contributed by atoms with Crippen molar-refractivity contribution in [3.8, 4) is 0 Å². The molecular weight excluding hydrogens is 270 g/mol. The number of aryl methyl sites for hydroxylation is 2. The Morgan fingerprint density at radius 1 is 1.15 bits per heavy atom. The standard InChI is InChI=1S/C17H20ClNO/c1-11-6-7-12(2)15(8-11)17(20)16(10-19)13-4-3-5-14(18)9-13/h3-9,16-17,20H,10,19H2,1-2H3. The van der Waals surface area contributed by atoms with Gasteiger partial charge in [-0.05, 0) is 42.7 Å².